The van der Waals surface area contributed by atoms with E-state index in [2.05, 4.69) is 73.2 Å². The number of benzene rings is 1. The molecule has 1 rings (SSSR count). The van der Waals surface area contributed by atoms with E-state index in [9.17, 15) is 0 Å². The van der Waals surface area contributed by atoms with Crippen LogP contribution in [0.1, 0.15) is 45.8 Å². The molecule has 0 aliphatic carbocycles. The minimum absolute atomic E-state index is 0.134. The third-order valence-corrected chi connectivity index (χ3v) is 3.50. The molecule has 0 spiro atoms. The fourth-order valence-corrected chi connectivity index (χ4v) is 2.00. The lowest BCUT2D eigenvalue weighted by Gasteiger charge is -2.21. The molecule has 19 heavy (non-hydrogen) atoms. The summed E-state index contributed by atoms with van der Waals surface area (Å²) in [6.07, 6.45) is 1.24. The Morgan fingerprint density at radius 2 is 1.74 bits per heavy atom. The van der Waals surface area contributed by atoms with Gasteiger partial charge in [-0.2, -0.15) is 0 Å². The van der Waals surface area contributed by atoms with Gasteiger partial charge in [0, 0.05) is 23.7 Å². The molecule has 0 heterocycles. The third kappa shape index (κ3) is 7.09. The zero-order valence-electron chi connectivity index (χ0n) is 12.4. The van der Waals surface area contributed by atoms with Crippen molar-refractivity contribution in [2.75, 3.05) is 13.2 Å². The molecule has 0 radical (unpaired) electrons. The molecule has 3 heteroatoms. The second kappa shape index (κ2) is 8.72. The molecular weight excluding hydrogens is 302 g/mol. The van der Waals surface area contributed by atoms with Crippen molar-refractivity contribution in [2.24, 2.45) is 5.92 Å². The van der Waals surface area contributed by atoms with Crippen molar-refractivity contribution in [1.29, 1.82) is 0 Å². The van der Waals surface area contributed by atoms with E-state index >= 15 is 0 Å². The van der Waals surface area contributed by atoms with Crippen LogP contribution in [0.5, 0.6) is 0 Å². The van der Waals surface area contributed by atoms with Gasteiger partial charge in [-0.1, -0.05) is 55.8 Å². The summed E-state index contributed by atoms with van der Waals surface area (Å²) in [6, 6.07) is 8.89. The Morgan fingerprint density at radius 3 is 2.26 bits per heavy atom. The minimum Gasteiger partial charge on any atom is -0.372 e. The van der Waals surface area contributed by atoms with E-state index in [4.69, 9.17) is 4.74 Å². The highest BCUT2D eigenvalue weighted by atomic mass is 79.9. The second-order valence-electron chi connectivity index (χ2n) is 5.66. The van der Waals surface area contributed by atoms with Gasteiger partial charge in [-0.15, -0.1) is 0 Å². The molecule has 0 saturated heterocycles. The van der Waals surface area contributed by atoms with Gasteiger partial charge < -0.3 is 10.1 Å². The number of ether oxygens (including phenoxy) is 1. The molecular formula is C16H26BrNO. The van der Waals surface area contributed by atoms with Crippen LogP contribution in [0.4, 0.5) is 0 Å². The molecule has 0 bridgehead atoms. The summed E-state index contributed by atoms with van der Waals surface area (Å²) in [5, 5.41) is 3.46. The quantitative estimate of drug-likeness (QED) is 0.756. The van der Waals surface area contributed by atoms with E-state index in [0.717, 1.165) is 24.0 Å². The number of nitrogens with one attached hydrogen (secondary N) is 1. The highest BCUT2D eigenvalue weighted by molar-refractivity contribution is 9.10. The zero-order chi connectivity index (χ0) is 14.3. The molecule has 0 fully saturated rings. The third-order valence-electron chi connectivity index (χ3n) is 2.97. The lowest BCUT2D eigenvalue weighted by molar-refractivity contribution is 0.0445. The van der Waals surface area contributed by atoms with Crippen LogP contribution in [0, 0.1) is 5.92 Å². The maximum Gasteiger partial charge on any atom is 0.0949 e. The molecule has 1 aromatic rings. The van der Waals surface area contributed by atoms with Gasteiger partial charge in [0.2, 0.25) is 0 Å². The molecule has 2 nitrogen and oxygen atoms in total. The second-order valence-corrected chi connectivity index (χ2v) is 6.57. The monoisotopic (exact) mass is 327 g/mol. The van der Waals surface area contributed by atoms with Crippen LogP contribution in [-0.2, 0) is 4.74 Å². The van der Waals surface area contributed by atoms with Crippen LogP contribution in [0.3, 0.4) is 0 Å². The predicted molar refractivity (Wildman–Crippen MR) is 85.4 cm³/mol. The van der Waals surface area contributed by atoms with Crippen molar-refractivity contribution in [3.05, 3.63) is 34.3 Å². The topological polar surface area (TPSA) is 21.3 Å². The molecule has 108 valence electrons. The van der Waals surface area contributed by atoms with E-state index < -0.39 is 0 Å². The zero-order valence-corrected chi connectivity index (χ0v) is 14.0. The summed E-state index contributed by atoms with van der Waals surface area (Å²) in [6.45, 7) is 10.4. The van der Waals surface area contributed by atoms with Gasteiger partial charge in [-0.3, -0.25) is 0 Å². The Balaban J connectivity index is 2.59. The van der Waals surface area contributed by atoms with E-state index in [1.165, 1.54) is 5.56 Å². The van der Waals surface area contributed by atoms with Gasteiger partial charge in [0.1, 0.15) is 0 Å². The summed E-state index contributed by atoms with van der Waals surface area (Å²) in [7, 11) is 0. The summed E-state index contributed by atoms with van der Waals surface area (Å²) >= 11 is 3.47. The van der Waals surface area contributed by atoms with Crippen LogP contribution in [0.25, 0.3) is 0 Å². The molecule has 1 unspecified atom stereocenters. The first-order valence-electron chi connectivity index (χ1n) is 7.09. The molecule has 0 aliphatic rings. The number of hydrogen-bond donors (Lipinski definition) is 1. The van der Waals surface area contributed by atoms with E-state index in [1.54, 1.807) is 0 Å². The van der Waals surface area contributed by atoms with Crippen LogP contribution in [0.2, 0.25) is 0 Å². The highest BCUT2D eigenvalue weighted by Gasteiger charge is 2.12. The van der Waals surface area contributed by atoms with Gasteiger partial charge in [0.25, 0.3) is 0 Å². The smallest absolute Gasteiger partial charge is 0.0949 e. The van der Waals surface area contributed by atoms with E-state index in [-0.39, 0.29) is 6.10 Å². The molecule has 0 saturated carbocycles. The average Bonchev–Trinajstić information content (AvgIpc) is 2.34. The van der Waals surface area contributed by atoms with Crippen molar-refractivity contribution in [1.82, 2.24) is 5.32 Å². The van der Waals surface area contributed by atoms with Crippen LogP contribution in [0.15, 0.2) is 28.7 Å². The average molecular weight is 328 g/mol. The predicted octanol–water partition coefficient (Wildman–Crippen LogP) is 4.55. The van der Waals surface area contributed by atoms with Crippen molar-refractivity contribution in [3.8, 4) is 0 Å². The molecule has 0 amide bonds. The summed E-state index contributed by atoms with van der Waals surface area (Å²) in [5.41, 5.74) is 1.24. The van der Waals surface area contributed by atoms with Crippen molar-refractivity contribution >= 4 is 15.9 Å². The van der Waals surface area contributed by atoms with Gasteiger partial charge >= 0.3 is 0 Å². The first-order valence-corrected chi connectivity index (χ1v) is 7.88. The lowest BCUT2D eigenvalue weighted by atomic mass is 10.1. The number of hydrogen-bond acceptors (Lipinski definition) is 2. The first-order chi connectivity index (χ1) is 8.99. The Bertz CT molecular complexity index is 348. The molecule has 0 aromatic heterocycles. The van der Waals surface area contributed by atoms with Gasteiger partial charge in [-0.25, -0.2) is 0 Å². The standard InChI is InChI=1S/C16H26BrNO/c1-12(2)9-10-19-16(11-18-13(3)4)14-5-7-15(17)8-6-14/h5-8,12-13,16,18H,9-11H2,1-4H3. The van der Waals surface area contributed by atoms with E-state index in [0.29, 0.717) is 12.0 Å². The van der Waals surface area contributed by atoms with Crippen LogP contribution < -0.4 is 5.32 Å². The van der Waals surface area contributed by atoms with Gasteiger partial charge in [0.05, 0.1) is 6.10 Å². The van der Waals surface area contributed by atoms with Crippen molar-refractivity contribution in [2.45, 2.75) is 46.3 Å². The molecule has 0 aliphatic heterocycles. The minimum atomic E-state index is 0.134. The highest BCUT2D eigenvalue weighted by Crippen LogP contribution is 2.20. The molecule has 1 atom stereocenters. The maximum absolute atomic E-state index is 6.05. The largest absolute Gasteiger partial charge is 0.372 e. The fraction of sp³-hybridized carbons (Fsp3) is 0.625. The van der Waals surface area contributed by atoms with E-state index in [1.807, 2.05) is 0 Å². The SMILES string of the molecule is CC(C)CCOC(CNC(C)C)c1ccc(Br)cc1. The van der Waals surface area contributed by atoms with Gasteiger partial charge in [-0.05, 0) is 30.0 Å². The molecule has 1 N–H and O–H groups in total. The normalized spacial score (nSPS) is 13.2. The molecule has 1 aromatic carbocycles. The lowest BCUT2D eigenvalue weighted by Crippen LogP contribution is -2.29. The van der Waals surface area contributed by atoms with Crippen LogP contribution >= 0.6 is 15.9 Å². The Hall–Kier alpha value is -0.380. The van der Waals surface area contributed by atoms with Crippen molar-refractivity contribution in [3.63, 3.8) is 0 Å². The van der Waals surface area contributed by atoms with Crippen LogP contribution in [-0.4, -0.2) is 19.2 Å². The fourth-order valence-electron chi connectivity index (χ4n) is 1.74. The number of rotatable bonds is 8. The van der Waals surface area contributed by atoms with Gasteiger partial charge in [0.15, 0.2) is 0 Å². The summed E-state index contributed by atoms with van der Waals surface area (Å²) in [5.74, 6) is 0.684. The number of halogens is 1. The summed E-state index contributed by atoms with van der Waals surface area (Å²) < 4.78 is 7.16. The summed E-state index contributed by atoms with van der Waals surface area (Å²) in [4.78, 5) is 0. The Labute approximate surface area is 126 Å². The van der Waals surface area contributed by atoms with Crippen molar-refractivity contribution < 1.29 is 4.74 Å². The maximum atomic E-state index is 6.05. The Kier molecular flexibility index (Phi) is 7.66. The Morgan fingerprint density at radius 1 is 1.11 bits per heavy atom. The first kappa shape index (κ1) is 16.7.